The molecule has 1 fully saturated rings. The van der Waals surface area contributed by atoms with Crippen LogP contribution in [-0.4, -0.2) is 51.4 Å². The second-order valence-corrected chi connectivity index (χ2v) is 8.38. The fraction of sp³-hybridized carbons (Fsp3) is 0.259. The van der Waals surface area contributed by atoms with Gasteiger partial charge >= 0.3 is 5.97 Å². The molecule has 4 rings (SSSR count). The van der Waals surface area contributed by atoms with E-state index in [4.69, 9.17) is 9.47 Å². The number of aryl methyl sites for hydroxylation is 1. The van der Waals surface area contributed by atoms with E-state index in [-0.39, 0.29) is 35.7 Å². The van der Waals surface area contributed by atoms with Gasteiger partial charge in [0.1, 0.15) is 17.2 Å². The molecule has 0 radical (unpaired) electrons. The third kappa shape index (κ3) is 4.24. The lowest BCUT2D eigenvalue weighted by Gasteiger charge is -2.26. The van der Waals surface area contributed by atoms with Crippen LogP contribution in [0.1, 0.15) is 51.4 Å². The number of rotatable bonds is 7. The lowest BCUT2D eigenvalue weighted by Crippen LogP contribution is -2.29. The zero-order chi connectivity index (χ0) is 26.0. The molecule has 9 nitrogen and oxygen atoms in total. The maximum atomic E-state index is 13.4. The molecule has 1 saturated heterocycles. The average Bonchev–Trinajstić information content (AvgIpc) is 3.31. The minimum atomic E-state index is -0.930. The molecule has 1 aliphatic rings. The summed E-state index contributed by atoms with van der Waals surface area (Å²) >= 11 is 0. The van der Waals surface area contributed by atoms with Gasteiger partial charge in [0.25, 0.3) is 11.7 Å². The first-order valence-electron chi connectivity index (χ1n) is 11.5. The Labute approximate surface area is 208 Å². The number of carbonyl (C=O) groups is 3. The molecule has 2 N–H and O–H groups in total. The van der Waals surface area contributed by atoms with E-state index >= 15 is 0 Å². The maximum Gasteiger partial charge on any atom is 0.355 e. The van der Waals surface area contributed by atoms with Crippen molar-refractivity contribution in [3.63, 3.8) is 0 Å². The molecule has 0 saturated carbocycles. The molecule has 2 aromatic heterocycles. The zero-order valence-electron chi connectivity index (χ0n) is 20.5. The van der Waals surface area contributed by atoms with Gasteiger partial charge in [-0.15, -0.1) is 0 Å². The molecule has 0 aliphatic carbocycles. The second kappa shape index (κ2) is 10.1. The largest absolute Gasteiger partial charge is 0.507 e. The number of H-pyrrole nitrogens is 1. The van der Waals surface area contributed by atoms with Crippen LogP contribution in [0.4, 0.5) is 0 Å². The van der Waals surface area contributed by atoms with Crippen LogP contribution in [0.15, 0.2) is 54.4 Å². The minimum absolute atomic E-state index is 0.0889. The number of nitrogens with one attached hydrogen (secondary N) is 1. The first-order chi connectivity index (χ1) is 17.3. The van der Waals surface area contributed by atoms with Crippen LogP contribution in [0.3, 0.4) is 0 Å². The number of hydrogen-bond donors (Lipinski definition) is 2. The summed E-state index contributed by atoms with van der Waals surface area (Å²) in [6.45, 7) is 5.30. The highest BCUT2D eigenvalue weighted by atomic mass is 16.5. The highest BCUT2D eigenvalue weighted by Crippen LogP contribution is 2.44. The number of aliphatic hydroxyl groups excluding tert-OH is 1. The monoisotopic (exact) mass is 489 g/mol. The van der Waals surface area contributed by atoms with Crippen molar-refractivity contribution >= 4 is 23.4 Å². The molecule has 0 bridgehead atoms. The minimum Gasteiger partial charge on any atom is -0.507 e. The van der Waals surface area contributed by atoms with Crippen molar-refractivity contribution in [2.75, 3.05) is 13.7 Å². The highest BCUT2D eigenvalue weighted by Gasteiger charge is 2.47. The number of esters is 1. The number of benzene rings is 1. The van der Waals surface area contributed by atoms with E-state index in [0.29, 0.717) is 22.6 Å². The fourth-order valence-corrected chi connectivity index (χ4v) is 4.59. The van der Waals surface area contributed by atoms with Crippen LogP contribution in [0.5, 0.6) is 5.75 Å². The van der Waals surface area contributed by atoms with Gasteiger partial charge < -0.3 is 24.5 Å². The Morgan fingerprint density at radius 3 is 2.58 bits per heavy atom. The molecule has 1 aromatic carbocycles. The number of ketones is 1. The molecular formula is C27H27N3O6. The van der Waals surface area contributed by atoms with Gasteiger partial charge in [0.15, 0.2) is 0 Å². The summed E-state index contributed by atoms with van der Waals surface area (Å²) in [5.41, 5.74) is 2.51. The number of hydrogen-bond acceptors (Lipinski definition) is 7. The summed E-state index contributed by atoms with van der Waals surface area (Å²) in [4.78, 5) is 47.6. The van der Waals surface area contributed by atoms with Gasteiger partial charge in [0, 0.05) is 35.8 Å². The number of carbonyl (C=O) groups excluding carboxylic acids is 3. The summed E-state index contributed by atoms with van der Waals surface area (Å²) in [5, 5.41) is 11.5. The normalized spacial score (nSPS) is 16.9. The number of aromatic amines is 1. The SMILES string of the molecule is CCOC(=O)c1[nH]c(C)c(C(O)=C2C(=O)C(=O)N(Cc3cccnc3)[C@H]2c2ccccc2OC)c1C. The van der Waals surface area contributed by atoms with Crippen molar-refractivity contribution < 1.29 is 29.0 Å². The van der Waals surface area contributed by atoms with Crippen LogP contribution in [0, 0.1) is 13.8 Å². The summed E-state index contributed by atoms with van der Waals surface area (Å²) in [6, 6.07) is 9.65. The molecule has 9 heteroatoms. The van der Waals surface area contributed by atoms with Crippen LogP contribution < -0.4 is 4.74 Å². The van der Waals surface area contributed by atoms with Gasteiger partial charge in [0.05, 0.1) is 25.3 Å². The van der Waals surface area contributed by atoms with Gasteiger partial charge in [-0.3, -0.25) is 14.6 Å². The fourth-order valence-electron chi connectivity index (χ4n) is 4.59. The number of nitrogens with zero attached hydrogens (tertiary/aromatic N) is 2. The molecule has 36 heavy (non-hydrogen) atoms. The number of aliphatic hydroxyl groups is 1. The first-order valence-corrected chi connectivity index (χ1v) is 11.5. The molecule has 1 atom stereocenters. The number of amides is 1. The zero-order valence-corrected chi connectivity index (χ0v) is 20.5. The summed E-state index contributed by atoms with van der Waals surface area (Å²) < 4.78 is 10.6. The number of likely N-dealkylation sites (tertiary alicyclic amines) is 1. The topological polar surface area (TPSA) is 122 Å². The predicted molar refractivity (Wildman–Crippen MR) is 131 cm³/mol. The smallest absolute Gasteiger partial charge is 0.355 e. The molecule has 3 aromatic rings. The Morgan fingerprint density at radius 2 is 1.92 bits per heavy atom. The molecule has 1 aliphatic heterocycles. The number of aromatic nitrogens is 2. The molecular weight excluding hydrogens is 462 g/mol. The van der Waals surface area contributed by atoms with E-state index in [2.05, 4.69) is 9.97 Å². The lowest BCUT2D eigenvalue weighted by atomic mass is 9.93. The van der Waals surface area contributed by atoms with E-state index in [1.807, 2.05) is 0 Å². The van der Waals surface area contributed by atoms with Gasteiger partial charge in [-0.1, -0.05) is 24.3 Å². The van der Waals surface area contributed by atoms with Crippen LogP contribution in [0.2, 0.25) is 0 Å². The van der Waals surface area contributed by atoms with E-state index < -0.39 is 23.7 Å². The Morgan fingerprint density at radius 1 is 1.17 bits per heavy atom. The molecule has 3 heterocycles. The van der Waals surface area contributed by atoms with Crippen molar-refractivity contribution in [3.05, 3.63) is 88.0 Å². The van der Waals surface area contributed by atoms with E-state index in [1.165, 1.54) is 12.0 Å². The van der Waals surface area contributed by atoms with E-state index in [1.54, 1.807) is 69.6 Å². The molecule has 0 spiro atoms. The molecule has 0 unspecified atom stereocenters. The van der Waals surface area contributed by atoms with E-state index in [0.717, 1.165) is 5.56 Å². The summed E-state index contributed by atoms with van der Waals surface area (Å²) in [6.07, 6.45) is 3.23. The van der Waals surface area contributed by atoms with Gasteiger partial charge in [-0.05, 0) is 44.0 Å². The van der Waals surface area contributed by atoms with Crippen molar-refractivity contribution in [2.45, 2.75) is 33.4 Å². The summed E-state index contributed by atoms with van der Waals surface area (Å²) in [7, 11) is 1.50. The lowest BCUT2D eigenvalue weighted by molar-refractivity contribution is -0.140. The Hall–Kier alpha value is -4.40. The number of para-hydroxylation sites is 1. The van der Waals surface area contributed by atoms with E-state index in [9.17, 15) is 19.5 Å². The average molecular weight is 490 g/mol. The first kappa shape index (κ1) is 24.7. The number of methoxy groups -OCH3 is 1. The Kier molecular flexibility index (Phi) is 6.91. The van der Waals surface area contributed by atoms with Gasteiger partial charge in [-0.25, -0.2) is 4.79 Å². The third-order valence-corrected chi connectivity index (χ3v) is 6.20. The van der Waals surface area contributed by atoms with Crippen LogP contribution in [0.25, 0.3) is 5.76 Å². The van der Waals surface area contributed by atoms with Crippen molar-refractivity contribution in [1.82, 2.24) is 14.9 Å². The van der Waals surface area contributed by atoms with Crippen molar-refractivity contribution in [3.8, 4) is 5.75 Å². The Balaban J connectivity index is 1.93. The standard InChI is InChI=1S/C27H27N3O6/c1-5-36-27(34)22-15(2)20(16(3)29-22)24(31)21-23(18-10-6-7-11-19(18)35-4)30(26(33)25(21)32)14-17-9-8-12-28-13-17/h6-13,23,29,31H,5,14H2,1-4H3/t23-/m0/s1. The second-order valence-electron chi connectivity index (χ2n) is 8.38. The number of pyridine rings is 1. The van der Waals surface area contributed by atoms with Gasteiger partial charge in [0.2, 0.25) is 0 Å². The molecule has 186 valence electrons. The van der Waals surface area contributed by atoms with Crippen molar-refractivity contribution in [1.29, 1.82) is 0 Å². The maximum absolute atomic E-state index is 13.4. The quantitative estimate of drug-likeness (QED) is 0.224. The number of Topliss-reactive ketones (excluding diaryl/α,β-unsaturated/α-hetero) is 1. The van der Waals surface area contributed by atoms with Gasteiger partial charge in [-0.2, -0.15) is 0 Å². The number of ether oxygens (including phenoxy) is 2. The third-order valence-electron chi connectivity index (χ3n) is 6.20. The Bertz CT molecular complexity index is 1360. The van der Waals surface area contributed by atoms with Crippen molar-refractivity contribution in [2.24, 2.45) is 0 Å². The molecule has 1 amide bonds. The summed E-state index contributed by atoms with van der Waals surface area (Å²) in [5.74, 6) is -2.07. The highest BCUT2D eigenvalue weighted by molar-refractivity contribution is 6.46. The van der Waals surface area contributed by atoms with Crippen LogP contribution >= 0.6 is 0 Å². The van der Waals surface area contributed by atoms with Crippen LogP contribution in [-0.2, 0) is 20.9 Å². The predicted octanol–water partition coefficient (Wildman–Crippen LogP) is 3.83.